The number of benzene rings is 1. The molecule has 0 amide bonds. The Morgan fingerprint density at radius 2 is 2.13 bits per heavy atom. The van der Waals surface area contributed by atoms with Gasteiger partial charge in [0, 0.05) is 10.6 Å². The van der Waals surface area contributed by atoms with Crippen molar-refractivity contribution >= 4 is 11.8 Å². The van der Waals surface area contributed by atoms with Crippen LogP contribution in [0.2, 0.25) is 0 Å². The molecule has 1 N–H and O–H groups in total. The molecule has 1 atom stereocenters. The van der Waals surface area contributed by atoms with E-state index in [0.717, 1.165) is 23.7 Å². The second kappa shape index (κ2) is 5.39. The quantitative estimate of drug-likeness (QED) is 0.802. The van der Waals surface area contributed by atoms with Crippen molar-refractivity contribution in [1.29, 1.82) is 0 Å². The summed E-state index contributed by atoms with van der Waals surface area (Å²) in [5.74, 6) is 1.25. The van der Waals surface area contributed by atoms with Crippen molar-refractivity contribution in [3.05, 3.63) is 24.3 Å². The minimum atomic E-state index is 0.289. The third-order valence-electron chi connectivity index (χ3n) is 2.24. The molecule has 3 nitrogen and oxygen atoms in total. The smallest absolute Gasteiger partial charge is 0.147 e. The molecule has 0 radical (unpaired) electrons. The molecule has 0 aliphatic carbocycles. The first-order chi connectivity index (χ1) is 7.34. The molecule has 1 aromatic rings. The van der Waals surface area contributed by atoms with Crippen molar-refractivity contribution in [2.75, 3.05) is 19.2 Å². The zero-order valence-corrected chi connectivity index (χ0v) is 9.20. The Morgan fingerprint density at radius 1 is 1.33 bits per heavy atom. The molecular formula is C11H14O3S. The molecule has 0 saturated carbocycles. The first kappa shape index (κ1) is 10.8. The summed E-state index contributed by atoms with van der Waals surface area (Å²) in [6.07, 6.45) is 1.25. The fourth-order valence-corrected chi connectivity index (χ4v) is 2.33. The topological polar surface area (TPSA) is 38.7 Å². The Kier molecular flexibility index (Phi) is 3.88. The summed E-state index contributed by atoms with van der Waals surface area (Å²) >= 11 is 1.74. The fourth-order valence-electron chi connectivity index (χ4n) is 1.36. The average Bonchev–Trinajstić information content (AvgIpc) is 2.30. The maximum atomic E-state index is 9.12. The van der Waals surface area contributed by atoms with Crippen molar-refractivity contribution in [2.45, 2.75) is 17.4 Å². The molecule has 2 rings (SSSR count). The van der Waals surface area contributed by atoms with E-state index in [0.29, 0.717) is 12.5 Å². The van der Waals surface area contributed by atoms with Crippen LogP contribution >= 0.6 is 11.8 Å². The fraction of sp³-hybridized carbons (Fsp3) is 0.455. The molecule has 1 heterocycles. The Bertz CT molecular complexity index is 293. The second-order valence-electron chi connectivity index (χ2n) is 3.41. The summed E-state index contributed by atoms with van der Waals surface area (Å²) in [5.41, 5.74) is 0. The summed E-state index contributed by atoms with van der Waals surface area (Å²) in [4.78, 5) is 1.16. The van der Waals surface area contributed by atoms with Crippen LogP contribution < -0.4 is 0 Å². The second-order valence-corrected chi connectivity index (χ2v) is 4.50. The van der Waals surface area contributed by atoms with Gasteiger partial charge < -0.3 is 14.6 Å². The molecule has 1 unspecified atom stereocenters. The number of hydrogen-bond donors (Lipinski definition) is 1. The van der Waals surface area contributed by atoms with E-state index in [1.165, 1.54) is 0 Å². The minimum Gasteiger partial charge on any atom is -0.508 e. The summed E-state index contributed by atoms with van der Waals surface area (Å²) in [6, 6.07) is 7.24. The van der Waals surface area contributed by atoms with Gasteiger partial charge >= 0.3 is 0 Å². The van der Waals surface area contributed by atoms with Crippen LogP contribution in [0.15, 0.2) is 29.2 Å². The van der Waals surface area contributed by atoms with Crippen LogP contribution in [0.5, 0.6) is 5.75 Å². The molecule has 1 saturated heterocycles. The molecule has 4 heteroatoms. The van der Waals surface area contributed by atoms with Crippen molar-refractivity contribution in [2.24, 2.45) is 0 Å². The molecule has 0 aromatic heterocycles. The summed E-state index contributed by atoms with van der Waals surface area (Å²) in [7, 11) is 0. The molecule has 15 heavy (non-hydrogen) atoms. The van der Waals surface area contributed by atoms with Crippen LogP contribution in [0.4, 0.5) is 0 Å². The SMILES string of the molecule is Oc1ccc(SCC2CCOCO2)cc1. The number of hydrogen-bond acceptors (Lipinski definition) is 4. The molecule has 0 spiro atoms. The molecule has 82 valence electrons. The lowest BCUT2D eigenvalue weighted by molar-refractivity contribution is -0.130. The largest absolute Gasteiger partial charge is 0.508 e. The van der Waals surface area contributed by atoms with E-state index >= 15 is 0 Å². The third-order valence-corrected chi connectivity index (χ3v) is 3.39. The average molecular weight is 226 g/mol. The Morgan fingerprint density at radius 3 is 2.80 bits per heavy atom. The van der Waals surface area contributed by atoms with Crippen molar-refractivity contribution in [1.82, 2.24) is 0 Å². The molecule has 0 bridgehead atoms. The van der Waals surface area contributed by atoms with Gasteiger partial charge in [-0.2, -0.15) is 0 Å². The first-order valence-electron chi connectivity index (χ1n) is 4.96. The maximum absolute atomic E-state index is 9.12. The highest BCUT2D eigenvalue weighted by atomic mass is 32.2. The number of rotatable bonds is 3. The first-order valence-corrected chi connectivity index (χ1v) is 5.94. The van der Waals surface area contributed by atoms with Crippen LogP contribution in [0.25, 0.3) is 0 Å². The summed E-state index contributed by atoms with van der Waals surface area (Å²) in [5, 5.41) is 9.12. The highest BCUT2D eigenvalue weighted by Crippen LogP contribution is 2.23. The van der Waals surface area contributed by atoms with Crippen molar-refractivity contribution in [3.63, 3.8) is 0 Å². The van der Waals surface area contributed by atoms with Gasteiger partial charge in [0.25, 0.3) is 0 Å². The van der Waals surface area contributed by atoms with Gasteiger partial charge in [-0.3, -0.25) is 0 Å². The van der Waals surface area contributed by atoms with E-state index in [4.69, 9.17) is 14.6 Å². The normalized spacial score (nSPS) is 21.5. The lowest BCUT2D eigenvalue weighted by atomic mass is 10.3. The van der Waals surface area contributed by atoms with Crippen LogP contribution in [-0.2, 0) is 9.47 Å². The van der Waals surface area contributed by atoms with Crippen LogP contribution in [0.1, 0.15) is 6.42 Å². The Labute approximate surface area is 93.4 Å². The highest BCUT2D eigenvalue weighted by molar-refractivity contribution is 7.99. The predicted octanol–water partition coefficient (Wildman–Crippen LogP) is 2.25. The van der Waals surface area contributed by atoms with Gasteiger partial charge in [-0.15, -0.1) is 11.8 Å². The number of aromatic hydroxyl groups is 1. The number of phenols is 1. The van der Waals surface area contributed by atoms with E-state index in [1.807, 2.05) is 12.1 Å². The lowest BCUT2D eigenvalue weighted by Gasteiger charge is -2.22. The molecule has 1 aliphatic heterocycles. The maximum Gasteiger partial charge on any atom is 0.147 e. The van der Waals surface area contributed by atoms with Gasteiger partial charge in [0.2, 0.25) is 0 Å². The van der Waals surface area contributed by atoms with Gasteiger partial charge in [-0.05, 0) is 30.7 Å². The predicted molar refractivity (Wildman–Crippen MR) is 59.1 cm³/mol. The molecule has 1 fully saturated rings. The molecule has 1 aromatic carbocycles. The van der Waals surface area contributed by atoms with Gasteiger partial charge in [0.05, 0.1) is 12.7 Å². The van der Waals surface area contributed by atoms with E-state index in [-0.39, 0.29) is 6.10 Å². The van der Waals surface area contributed by atoms with Crippen molar-refractivity contribution in [3.8, 4) is 5.75 Å². The van der Waals surface area contributed by atoms with E-state index < -0.39 is 0 Å². The number of ether oxygens (including phenoxy) is 2. The zero-order valence-electron chi connectivity index (χ0n) is 8.39. The minimum absolute atomic E-state index is 0.289. The van der Waals surface area contributed by atoms with Crippen molar-refractivity contribution < 1.29 is 14.6 Å². The zero-order chi connectivity index (χ0) is 10.5. The summed E-state index contributed by atoms with van der Waals surface area (Å²) < 4.78 is 10.5. The van der Waals surface area contributed by atoms with E-state index in [2.05, 4.69) is 0 Å². The highest BCUT2D eigenvalue weighted by Gasteiger charge is 2.13. The number of phenolic OH excluding ortho intramolecular Hbond substituents is 1. The standard InChI is InChI=1S/C11H14O3S/c12-9-1-3-11(4-2-9)15-7-10-5-6-13-8-14-10/h1-4,10,12H,5-8H2. The van der Waals surface area contributed by atoms with Gasteiger partial charge in [0.1, 0.15) is 12.5 Å². The Balaban J connectivity index is 1.79. The molecular weight excluding hydrogens is 212 g/mol. The van der Waals surface area contributed by atoms with E-state index in [1.54, 1.807) is 23.9 Å². The lowest BCUT2D eigenvalue weighted by Crippen LogP contribution is -2.25. The van der Waals surface area contributed by atoms with Crippen LogP contribution in [0, 0.1) is 0 Å². The number of thioether (sulfide) groups is 1. The summed E-state index contributed by atoms with van der Waals surface area (Å²) in [6.45, 7) is 1.21. The van der Waals surface area contributed by atoms with E-state index in [9.17, 15) is 0 Å². The van der Waals surface area contributed by atoms with Crippen LogP contribution in [-0.4, -0.2) is 30.4 Å². The van der Waals surface area contributed by atoms with Gasteiger partial charge in [0.15, 0.2) is 0 Å². The third kappa shape index (κ3) is 3.41. The van der Waals surface area contributed by atoms with Crippen LogP contribution in [0.3, 0.4) is 0 Å². The Hall–Kier alpha value is -0.710. The van der Waals surface area contributed by atoms with Gasteiger partial charge in [-0.25, -0.2) is 0 Å². The molecule has 1 aliphatic rings. The monoisotopic (exact) mass is 226 g/mol. The van der Waals surface area contributed by atoms with Gasteiger partial charge in [-0.1, -0.05) is 0 Å².